The van der Waals surface area contributed by atoms with Crippen LogP contribution in [0.2, 0.25) is 0 Å². The van der Waals surface area contributed by atoms with E-state index in [0.717, 1.165) is 10.0 Å². The molecular formula is C15H12BrFO2. The second-order valence-electron chi connectivity index (χ2n) is 4.12. The summed E-state index contributed by atoms with van der Waals surface area (Å²) >= 11 is 3.31. The third-order valence-corrected chi connectivity index (χ3v) is 3.10. The van der Waals surface area contributed by atoms with Gasteiger partial charge in [0.2, 0.25) is 0 Å². The number of carbonyl (C=O) groups is 1. The summed E-state index contributed by atoms with van der Waals surface area (Å²) < 4.78 is 19.4. The maximum Gasteiger partial charge on any atom is 0.163 e. The lowest BCUT2D eigenvalue weighted by Gasteiger charge is -2.10. The normalized spacial score (nSPS) is 10.3. The second kappa shape index (κ2) is 5.97. The molecule has 0 aliphatic heterocycles. The summed E-state index contributed by atoms with van der Waals surface area (Å²) in [4.78, 5) is 11.5. The van der Waals surface area contributed by atoms with Crippen molar-refractivity contribution in [1.29, 1.82) is 0 Å². The highest BCUT2D eigenvalue weighted by molar-refractivity contribution is 9.10. The quantitative estimate of drug-likeness (QED) is 0.781. The fourth-order valence-corrected chi connectivity index (χ4v) is 2.05. The van der Waals surface area contributed by atoms with Crippen molar-refractivity contribution >= 4 is 21.7 Å². The first kappa shape index (κ1) is 13.7. The number of carbonyl (C=O) groups excluding carboxylic acids is 1. The molecule has 2 aromatic rings. The summed E-state index contributed by atoms with van der Waals surface area (Å²) in [5, 5.41) is 0. The highest BCUT2D eigenvalue weighted by Crippen LogP contribution is 2.24. The van der Waals surface area contributed by atoms with Crippen molar-refractivity contribution in [3.63, 3.8) is 0 Å². The van der Waals surface area contributed by atoms with Crippen molar-refractivity contribution in [3.8, 4) is 5.75 Å². The van der Waals surface area contributed by atoms with E-state index in [0.29, 0.717) is 11.3 Å². The van der Waals surface area contributed by atoms with Gasteiger partial charge in [0.1, 0.15) is 18.2 Å². The predicted octanol–water partition coefficient (Wildman–Crippen LogP) is 4.37. The van der Waals surface area contributed by atoms with Crippen molar-refractivity contribution in [2.45, 2.75) is 13.5 Å². The maximum atomic E-state index is 13.0. The van der Waals surface area contributed by atoms with Gasteiger partial charge in [-0.15, -0.1) is 0 Å². The van der Waals surface area contributed by atoms with E-state index in [1.54, 1.807) is 30.3 Å². The molecule has 19 heavy (non-hydrogen) atoms. The van der Waals surface area contributed by atoms with Gasteiger partial charge in [0.15, 0.2) is 5.78 Å². The molecule has 0 atom stereocenters. The van der Waals surface area contributed by atoms with Crippen LogP contribution in [0.15, 0.2) is 46.9 Å². The number of rotatable bonds is 4. The summed E-state index contributed by atoms with van der Waals surface area (Å²) in [6.07, 6.45) is 0. The molecule has 0 N–H and O–H groups in total. The minimum Gasteiger partial charge on any atom is -0.488 e. The Bertz CT molecular complexity index is 611. The van der Waals surface area contributed by atoms with E-state index in [-0.39, 0.29) is 18.2 Å². The lowest BCUT2D eigenvalue weighted by Crippen LogP contribution is -2.02. The van der Waals surface area contributed by atoms with E-state index in [9.17, 15) is 9.18 Å². The molecular weight excluding hydrogens is 311 g/mol. The summed E-state index contributed by atoms with van der Waals surface area (Å²) in [5.74, 6) is 0.124. The van der Waals surface area contributed by atoms with Crippen LogP contribution in [0.25, 0.3) is 0 Å². The van der Waals surface area contributed by atoms with Gasteiger partial charge < -0.3 is 4.74 Å². The van der Waals surface area contributed by atoms with Crippen LogP contribution in [-0.4, -0.2) is 5.78 Å². The monoisotopic (exact) mass is 322 g/mol. The van der Waals surface area contributed by atoms with Crippen molar-refractivity contribution < 1.29 is 13.9 Å². The van der Waals surface area contributed by atoms with Crippen LogP contribution in [0.3, 0.4) is 0 Å². The second-order valence-corrected chi connectivity index (χ2v) is 5.03. The first-order valence-corrected chi connectivity index (χ1v) is 6.53. The van der Waals surface area contributed by atoms with E-state index in [4.69, 9.17) is 4.74 Å². The van der Waals surface area contributed by atoms with Crippen molar-refractivity contribution in [3.05, 3.63) is 63.9 Å². The molecule has 0 unspecified atom stereocenters. The lowest BCUT2D eigenvalue weighted by atomic mass is 10.1. The first-order chi connectivity index (χ1) is 9.06. The van der Waals surface area contributed by atoms with Crippen LogP contribution in [0.5, 0.6) is 5.75 Å². The molecule has 0 fully saturated rings. The van der Waals surface area contributed by atoms with Gasteiger partial charge in [-0.3, -0.25) is 4.79 Å². The van der Waals surface area contributed by atoms with Crippen LogP contribution in [0.1, 0.15) is 22.8 Å². The average Bonchev–Trinajstić information content (AvgIpc) is 2.37. The van der Waals surface area contributed by atoms with Crippen LogP contribution in [0, 0.1) is 5.82 Å². The lowest BCUT2D eigenvalue weighted by molar-refractivity contribution is 0.101. The molecule has 0 aliphatic rings. The van der Waals surface area contributed by atoms with Gasteiger partial charge in [-0.2, -0.15) is 0 Å². The van der Waals surface area contributed by atoms with Gasteiger partial charge in [-0.1, -0.05) is 28.1 Å². The SMILES string of the molecule is CC(=O)c1cc(Br)ccc1OCc1cccc(F)c1. The van der Waals surface area contributed by atoms with Crippen LogP contribution < -0.4 is 4.74 Å². The van der Waals surface area contributed by atoms with E-state index >= 15 is 0 Å². The molecule has 2 nitrogen and oxygen atoms in total. The molecule has 0 saturated carbocycles. The molecule has 0 spiro atoms. The molecule has 0 aliphatic carbocycles. The fraction of sp³-hybridized carbons (Fsp3) is 0.133. The number of ether oxygens (including phenoxy) is 1. The highest BCUT2D eigenvalue weighted by Gasteiger charge is 2.09. The van der Waals surface area contributed by atoms with Gasteiger partial charge in [0.25, 0.3) is 0 Å². The molecule has 0 aromatic heterocycles. The molecule has 2 aromatic carbocycles. The Morgan fingerprint density at radius 1 is 1.26 bits per heavy atom. The van der Waals surface area contributed by atoms with Gasteiger partial charge >= 0.3 is 0 Å². The maximum absolute atomic E-state index is 13.0. The Balaban J connectivity index is 2.17. The Kier molecular flexibility index (Phi) is 4.32. The van der Waals surface area contributed by atoms with Crippen molar-refractivity contribution in [2.75, 3.05) is 0 Å². The molecule has 0 radical (unpaired) electrons. The zero-order valence-corrected chi connectivity index (χ0v) is 11.9. The highest BCUT2D eigenvalue weighted by atomic mass is 79.9. The Hall–Kier alpha value is -1.68. The van der Waals surface area contributed by atoms with E-state index < -0.39 is 0 Å². The van der Waals surface area contributed by atoms with Crippen LogP contribution in [-0.2, 0) is 6.61 Å². The zero-order chi connectivity index (χ0) is 13.8. The van der Waals surface area contributed by atoms with Gasteiger partial charge in [-0.25, -0.2) is 4.39 Å². The Morgan fingerprint density at radius 3 is 2.74 bits per heavy atom. The number of benzene rings is 2. The molecule has 0 heterocycles. The molecule has 2 rings (SSSR count). The Morgan fingerprint density at radius 2 is 2.05 bits per heavy atom. The van der Waals surface area contributed by atoms with Gasteiger partial charge in [0.05, 0.1) is 5.56 Å². The number of halogens is 2. The number of hydrogen-bond acceptors (Lipinski definition) is 2. The van der Waals surface area contributed by atoms with E-state index in [1.807, 2.05) is 0 Å². The summed E-state index contributed by atoms with van der Waals surface area (Å²) in [7, 11) is 0. The first-order valence-electron chi connectivity index (χ1n) is 5.74. The molecule has 0 saturated heterocycles. The summed E-state index contributed by atoms with van der Waals surface area (Å²) in [5.41, 5.74) is 1.23. The number of Topliss-reactive ketones (excluding diaryl/α,β-unsaturated/α-hetero) is 1. The standard InChI is InChI=1S/C15H12BrFO2/c1-10(18)14-8-12(16)5-6-15(14)19-9-11-3-2-4-13(17)7-11/h2-8H,9H2,1H3. The van der Waals surface area contributed by atoms with Crippen LogP contribution in [0.4, 0.5) is 4.39 Å². The minimum atomic E-state index is -0.302. The fourth-order valence-electron chi connectivity index (χ4n) is 1.69. The molecule has 0 amide bonds. The van der Waals surface area contributed by atoms with E-state index in [1.165, 1.54) is 19.1 Å². The largest absolute Gasteiger partial charge is 0.488 e. The zero-order valence-electron chi connectivity index (χ0n) is 10.3. The Labute approximate surface area is 119 Å². The number of ketones is 1. The molecule has 4 heteroatoms. The van der Waals surface area contributed by atoms with Gasteiger partial charge in [0, 0.05) is 4.47 Å². The topological polar surface area (TPSA) is 26.3 Å². The predicted molar refractivity (Wildman–Crippen MR) is 74.9 cm³/mol. The molecule has 0 bridgehead atoms. The van der Waals surface area contributed by atoms with Crippen molar-refractivity contribution in [1.82, 2.24) is 0 Å². The summed E-state index contributed by atoms with van der Waals surface area (Å²) in [6, 6.07) is 11.4. The number of hydrogen-bond donors (Lipinski definition) is 0. The average molecular weight is 323 g/mol. The summed E-state index contributed by atoms with van der Waals surface area (Å²) in [6.45, 7) is 1.70. The van der Waals surface area contributed by atoms with E-state index in [2.05, 4.69) is 15.9 Å². The minimum absolute atomic E-state index is 0.0736. The molecule has 98 valence electrons. The van der Waals surface area contributed by atoms with Crippen LogP contribution >= 0.6 is 15.9 Å². The van der Waals surface area contributed by atoms with Crippen molar-refractivity contribution in [2.24, 2.45) is 0 Å². The third kappa shape index (κ3) is 3.64. The smallest absolute Gasteiger partial charge is 0.163 e. The van der Waals surface area contributed by atoms with Gasteiger partial charge in [-0.05, 0) is 42.8 Å². The third-order valence-electron chi connectivity index (χ3n) is 2.60.